The third-order valence-corrected chi connectivity index (χ3v) is 4.73. The maximum Gasteiger partial charge on any atom is 0.277 e. The van der Waals surface area contributed by atoms with Crippen molar-refractivity contribution in [3.05, 3.63) is 11.2 Å². The summed E-state index contributed by atoms with van der Waals surface area (Å²) >= 11 is 3.13. The van der Waals surface area contributed by atoms with Gasteiger partial charge in [-0.3, -0.25) is 4.79 Å². The lowest BCUT2D eigenvalue weighted by Gasteiger charge is -2.12. The van der Waals surface area contributed by atoms with Crippen LogP contribution in [0.3, 0.4) is 0 Å². The number of carbonyl (C=O) groups is 1. The molecule has 4 nitrogen and oxygen atoms in total. The van der Waals surface area contributed by atoms with Gasteiger partial charge < -0.3 is 10.6 Å². The highest BCUT2D eigenvalue weighted by molar-refractivity contribution is 8.01. The van der Waals surface area contributed by atoms with Crippen molar-refractivity contribution in [3.8, 4) is 0 Å². The molecule has 2 rings (SSSR count). The van der Waals surface area contributed by atoms with Gasteiger partial charge in [0, 0.05) is 12.3 Å². The summed E-state index contributed by atoms with van der Waals surface area (Å²) in [5, 5.41) is 0.406. The molecule has 0 atom stereocenters. The lowest BCUT2D eigenvalue weighted by Crippen LogP contribution is -2.21. The molecule has 88 valence electrons. The Morgan fingerprint density at radius 2 is 2.31 bits per heavy atom. The van der Waals surface area contributed by atoms with E-state index in [1.165, 1.54) is 37.3 Å². The third-order valence-electron chi connectivity index (χ3n) is 2.55. The van der Waals surface area contributed by atoms with Crippen LogP contribution in [0.4, 0.5) is 0 Å². The predicted octanol–water partition coefficient (Wildman–Crippen LogP) is 1.43. The first-order chi connectivity index (χ1) is 7.75. The molecule has 1 saturated heterocycles. The molecule has 1 aliphatic heterocycles. The second-order valence-corrected chi connectivity index (χ2v) is 6.17. The summed E-state index contributed by atoms with van der Waals surface area (Å²) in [6.45, 7) is 3.58. The van der Waals surface area contributed by atoms with Gasteiger partial charge in [0.1, 0.15) is 0 Å². The molecule has 0 aliphatic carbocycles. The number of thioether (sulfide) groups is 1. The van der Waals surface area contributed by atoms with Crippen LogP contribution in [-0.4, -0.2) is 41.2 Å². The van der Waals surface area contributed by atoms with Crippen molar-refractivity contribution in [2.24, 2.45) is 5.73 Å². The van der Waals surface area contributed by atoms with E-state index in [0.29, 0.717) is 5.01 Å². The van der Waals surface area contributed by atoms with E-state index in [2.05, 4.69) is 9.88 Å². The zero-order valence-corrected chi connectivity index (χ0v) is 10.6. The lowest BCUT2D eigenvalue weighted by atomic mass is 10.4. The van der Waals surface area contributed by atoms with E-state index >= 15 is 0 Å². The quantitative estimate of drug-likeness (QED) is 0.811. The summed E-state index contributed by atoms with van der Waals surface area (Å²) < 4.78 is 1.08. The monoisotopic (exact) mass is 257 g/mol. The van der Waals surface area contributed by atoms with Crippen molar-refractivity contribution < 1.29 is 4.79 Å². The molecule has 6 heteroatoms. The zero-order chi connectivity index (χ0) is 11.4. The first-order valence-corrected chi connectivity index (χ1v) is 7.17. The topological polar surface area (TPSA) is 59.2 Å². The maximum atomic E-state index is 10.8. The Morgan fingerprint density at radius 3 is 2.94 bits per heavy atom. The van der Waals surface area contributed by atoms with E-state index in [9.17, 15) is 4.79 Å². The van der Waals surface area contributed by atoms with E-state index in [4.69, 9.17) is 5.73 Å². The number of thiazole rings is 1. The Labute approximate surface area is 103 Å². The molecule has 0 radical (unpaired) electrons. The summed E-state index contributed by atoms with van der Waals surface area (Å²) in [6, 6.07) is 0. The van der Waals surface area contributed by atoms with Crippen molar-refractivity contribution in [1.29, 1.82) is 0 Å². The molecule has 16 heavy (non-hydrogen) atoms. The molecule has 0 aromatic carbocycles. The molecule has 1 aliphatic rings. The van der Waals surface area contributed by atoms with Crippen molar-refractivity contribution in [1.82, 2.24) is 9.88 Å². The second-order valence-electron chi connectivity index (χ2n) is 3.75. The Bertz CT molecular complexity index is 361. The van der Waals surface area contributed by atoms with Crippen molar-refractivity contribution in [3.63, 3.8) is 0 Å². The fourth-order valence-corrected chi connectivity index (χ4v) is 3.62. The van der Waals surface area contributed by atoms with E-state index in [-0.39, 0.29) is 0 Å². The number of aromatic nitrogens is 1. The molecule has 2 N–H and O–H groups in total. The number of carbonyl (C=O) groups excluding carboxylic acids is 1. The minimum atomic E-state index is -0.434. The zero-order valence-electron chi connectivity index (χ0n) is 9.02. The number of likely N-dealkylation sites (tertiary alicyclic amines) is 1. The molecule has 1 fully saturated rings. The van der Waals surface area contributed by atoms with Gasteiger partial charge in [-0.15, -0.1) is 23.1 Å². The Balaban J connectivity index is 1.74. The van der Waals surface area contributed by atoms with Gasteiger partial charge in [0.05, 0.1) is 10.4 Å². The summed E-state index contributed by atoms with van der Waals surface area (Å²) in [6.07, 6.45) is 4.40. The van der Waals surface area contributed by atoms with Gasteiger partial charge in [-0.25, -0.2) is 4.98 Å². The van der Waals surface area contributed by atoms with Crippen LogP contribution in [0.25, 0.3) is 0 Å². The maximum absolute atomic E-state index is 10.8. The van der Waals surface area contributed by atoms with Crippen molar-refractivity contribution in [2.45, 2.75) is 17.1 Å². The van der Waals surface area contributed by atoms with E-state index in [0.717, 1.165) is 16.5 Å². The molecular formula is C10H15N3OS2. The number of nitrogens with two attached hydrogens (primary N) is 1. The highest BCUT2D eigenvalue weighted by Crippen LogP contribution is 2.25. The molecule has 1 amide bonds. The number of rotatable bonds is 5. The first-order valence-electron chi connectivity index (χ1n) is 5.36. The molecule has 0 unspecified atom stereocenters. The van der Waals surface area contributed by atoms with Crippen molar-refractivity contribution >= 4 is 29.0 Å². The van der Waals surface area contributed by atoms with E-state index in [1.54, 1.807) is 18.0 Å². The smallest absolute Gasteiger partial charge is 0.277 e. The van der Waals surface area contributed by atoms with Crippen LogP contribution in [0.15, 0.2) is 10.4 Å². The molecule has 1 aromatic heterocycles. The van der Waals surface area contributed by atoms with Gasteiger partial charge in [0.15, 0.2) is 5.01 Å². The van der Waals surface area contributed by atoms with Crippen LogP contribution in [0.5, 0.6) is 0 Å². The second kappa shape index (κ2) is 5.65. The van der Waals surface area contributed by atoms with Gasteiger partial charge in [-0.05, 0) is 25.9 Å². The minimum absolute atomic E-state index is 0.406. The van der Waals surface area contributed by atoms with Crippen LogP contribution < -0.4 is 5.73 Å². The molecule has 0 bridgehead atoms. The normalized spacial score (nSPS) is 16.8. The summed E-state index contributed by atoms with van der Waals surface area (Å²) in [5.74, 6) is 0.622. The van der Waals surface area contributed by atoms with Crippen LogP contribution in [-0.2, 0) is 0 Å². The Hall–Kier alpha value is -0.590. The van der Waals surface area contributed by atoms with Crippen LogP contribution >= 0.6 is 23.1 Å². The van der Waals surface area contributed by atoms with Gasteiger partial charge in [-0.1, -0.05) is 0 Å². The van der Waals surface area contributed by atoms with Crippen molar-refractivity contribution in [2.75, 3.05) is 25.4 Å². The Kier molecular flexibility index (Phi) is 4.20. The minimum Gasteiger partial charge on any atom is -0.364 e. The number of nitrogens with zero attached hydrogens (tertiary/aromatic N) is 2. The average molecular weight is 257 g/mol. The largest absolute Gasteiger partial charge is 0.364 e. The van der Waals surface area contributed by atoms with Crippen LogP contribution in [0, 0.1) is 0 Å². The van der Waals surface area contributed by atoms with Gasteiger partial charge in [0.2, 0.25) is 0 Å². The van der Waals surface area contributed by atoms with E-state index < -0.39 is 5.91 Å². The molecule has 0 spiro atoms. The van der Waals surface area contributed by atoms with Gasteiger partial charge in [-0.2, -0.15) is 0 Å². The fourth-order valence-electron chi connectivity index (χ4n) is 1.72. The number of primary amides is 1. The van der Waals surface area contributed by atoms with E-state index in [1.807, 2.05) is 0 Å². The van der Waals surface area contributed by atoms with Crippen LogP contribution in [0.2, 0.25) is 0 Å². The first kappa shape index (κ1) is 11.9. The molecule has 2 heterocycles. The van der Waals surface area contributed by atoms with Crippen LogP contribution in [0.1, 0.15) is 22.6 Å². The summed E-state index contributed by atoms with van der Waals surface area (Å²) in [5.41, 5.74) is 5.15. The van der Waals surface area contributed by atoms with Gasteiger partial charge in [0.25, 0.3) is 5.91 Å². The fraction of sp³-hybridized carbons (Fsp3) is 0.600. The summed E-state index contributed by atoms with van der Waals surface area (Å²) in [7, 11) is 0. The molecule has 1 aromatic rings. The molecular weight excluding hydrogens is 242 g/mol. The molecule has 0 saturated carbocycles. The predicted molar refractivity (Wildman–Crippen MR) is 67.0 cm³/mol. The number of amides is 1. The standard InChI is InChI=1S/C10H15N3OS2/c11-9(14)10-12-7-8(16-10)15-6-5-13-3-1-2-4-13/h7H,1-6H2,(H2,11,14). The Morgan fingerprint density at radius 1 is 1.56 bits per heavy atom. The highest BCUT2D eigenvalue weighted by Gasteiger charge is 2.11. The highest BCUT2D eigenvalue weighted by atomic mass is 32.2. The average Bonchev–Trinajstić information content (AvgIpc) is 2.87. The van der Waals surface area contributed by atoms with Gasteiger partial charge >= 0.3 is 0 Å². The lowest BCUT2D eigenvalue weighted by molar-refractivity contribution is 0.1000. The summed E-state index contributed by atoms with van der Waals surface area (Å²) in [4.78, 5) is 17.3. The number of hydrogen-bond donors (Lipinski definition) is 1. The SMILES string of the molecule is NC(=O)c1ncc(SCCN2CCCC2)s1. The third kappa shape index (κ3) is 3.20. The number of hydrogen-bond acceptors (Lipinski definition) is 5.